The monoisotopic (exact) mass is 510 g/mol. The largest absolute Gasteiger partial charge is 0.374 e. The highest BCUT2D eigenvalue weighted by atomic mass is 79.9. The predicted octanol–water partition coefficient (Wildman–Crippen LogP) is 4.76. The maximum atomic E-state index is 6.41. The third kappa shape index (κ3) is 6.51. The molecular weight excluding hydrogens is 480 g/mol. The standard InChI is InChI=1S/C22H32BrClN6O/c1-15(6-7-16(2)24)19(31-13-5-10-29(3)4)17-8-11-30(12-9-17)22-18-20(23)27-28-21(18)25-14-26-22/h6-7,14,17,19H,5,8-13H2,1-4H3,(H,25,26,27,28)/b15-6+,16-7+. The summed E-state index contributed by atoms with van der Waals surface area (Å²) in [6, 6.07) is 0. The van der Waals surface area contributed by atoms with Gasteiger partial charge in [-0.25, -0.2) is 9.97 Å². The van der Waals surface area contributed by atoms with Gasteiger partial charge in [0.15, 0.2) is 5.65 Å². The van der Waals surface area contributed by atoms with Gasteiger partial charge in [0.25, 0.3) is 0 Å². The van der Waals surface area contributed by atoms with E-state index >= 15 is 0 Å². The maximum absolute atomic E-state index is 6.41. The highest BCUT2D eigenvalue weighted by Crippen LogP contribution is 2.33. The van der Waals surface area contributed by atoms with Crippen LogP contribution in [0.2, 0.25) is 0 Å². The summed E-state index contributed by atoms with van der Waals surface area (Å²) in [4.78, 5) is 13.3. The zero-order valence-corrected chi connectivity index (χ0v) is 21.1. The van der Waals surface area contributed by atoms with Gasteiger partial charge in [0.1, 0.15) is 16.7 Å². The van der Waals surface area contributed by atoms with Crippen molar-refractivity contribution in [2.24, 2.45) is 5.92 Å². The van der Waals surface area contributed by atoms with Gasteiger partial charge in [-0.05, 0) is 87.2 Å². The number of piperidine rings is 1. The Labute approximate surface area is 198 Å². The second-order valence-corrected chi connectivity index (χ2v) is 9.72. The first-order valence-electron chi connectivity index (χ1n) is 10.7. The van der Waals surface area contributed by atoms with Gasteiger partial charge in [0.05, 0.1) is 11.5 Å². The lowest BCUT2D eigenvalue weighted by Gasteiger charge is -2.37. The number of anilines is 1. The minimum absolute atomic E-state index is 0.0997. The molecule has 1 aliphatic rings. The fourth-order valence-electron chi connectivity index (χ4n) is 4.03. The molecule has 170 valence electrons. The first-order valence-corrected chi connectivity index (χ1v) is 11.9. The van der Waals surface area contributed by atoms with Gasteiger partial charge in [-0.15, -0.1) is 0 Å². The summed E-state index contributed by atoms with van der Waals surface area (Å²) in [5.74, 6) is 1.39. The first kappa shape index (κ1) is 24.2. The second kappa shape index (κ2) is 11.4. The Morgan fingerprint density at radius 2 is 2.06 bits per heavy atom. The molecule has 1 aliphatic heterocycles. The van der Waals surface area contributed by atoms with E-state index in [9.17, 15) is 0 Å². The second-order valence-electron chi connectivity index (χ2n) is 8.37. The van der Waals surface area contributed by atoms with Gasteiger partial charge >= 0.3 is 0 Å². The number of hydrogen-bond donors (Lipinski definition) is 1. The molecular formula is C22H32BrClN6O. The molecule has 3 rings (SSSR count). The highest BCUT2D eigenvalue weighted by molar-refractivity contribution is 9.10. The molecule has 1 saturated heterocycles. The summed E-state index contributed by atoms with van der Waals surface area (Å²) in [5.41, 5.74) is 1.98. The summed E-state index contributed by atoms with van der Waals surface area (Å²) in [7, 11) is 4.18. The van der Waals surface area contributed by atoms with Crippen LogP contribution in [0.5, 0.6) is 0 Å². The Balaban J connectivity index is 1.69. The minimum atomic E-state index is 0.0997. The van der Waals surface area contributed by atoms with E-state index in [2.05, 4.69) is 73.0 Å². The molecule has 0 aliphatic carbocycles. The maximum Gasteiger partial charge on any atom is 0.161 e. The van der Waals surface area contributed by atoms with E-state index in [1.807, 2.05) is 13.0 Å². The van der Waals surface area contributed by atoms with Gasteiger partial charge < -0.3 is 14.5 Å². The zero-order valence-electron chi connectivity index (χ0n) is 18.7. The van der Waals surface area contributed by atoms with Crippen molar-refractivity contribution < 1.29 is 4.74 Å². The molecule has 1 unspecified atom stereocenters. The number of fused-ring (bicyclic) bond motifs is 1. The average molecular weight is 512 g/mol. The van der Waals surface area contributed by atoms with Gasteiger partial charge in [0.2, 0.25) is 0 Å². The Kier molecular flexibility index (Phi) is 8.89. The Morgan fingerprint density at radius 1 is 1.32 bits per heavy atom. The fraction of sp³-hybridized carbons (Fsp3) is 0.591. The summed E-state index contributed by atoms with van der Waals surface area (Å²) in [5, 5.41) is 8.89. The van der Waals surface area contributed by atoms with Crippen LogP contribution in [0, 0.1) is 5.92 Å². The van der Waals surface area contributed by atoms with Gasteiger partial charge in [0, 0.05) is 24.7 Å². The van der Waals surface area contributed by atoms with E-state index in [1.54, 1.807) is 6.33 Å². The molecule has 0 amide bonds. The average Bonchev–Trinajstić information content (AvgIpc) is 3.13. The van der Waals surface area contributed by atoms with Crippen LogP contribution in [0.25, 0.3) is 11.0 Å². The molecule has 1 N–H and O–H groups in total. The van der Waals surface area contributed by atoms with Crippen LogP contribution >= 0.6 is 27.5 Å². The van der Waals surface area contributed by atoms with Gasteiger partial charge in [-0.3, -0.25) is 5.10 Å². The number of aromatic nitrogens is 4. The number of aromatic amines is 1. The number of rotatable bonds is 9. The summed E-state index contributed by atoms with van der Waals surface area (Å²) in [6.07, 6.45) is 8.84. The van der Waals surface area contributed by atoms with Crippen LogP contribution in [0.3, 0.4) is 0 Å². The minimum Gasteiger partial charge on any atom is -0.374 e. The van der Waals surface area contributed by atoms with Crippen LogP contribution in [-0.2, 0) is 4.74 Å². The number of nitrogens with one attached hydrogen (secondary N) is 1. The topological polar surface area (TPSA) is 70.2 Å². The van der Waals surface area contributed by atoms with Crippen molar-refractivity contribution >= 4 is 44.4 Å². The lowest BCUT2D eigenvalue weighted by Crippen LogP contribution is -2.39. The Hall–Kier alpha value is -1.48. The fourth-order valence-corrected chi connectivity index (χ4v) is 4.55. The van der Waals surface area contributed by atoms with E-state index in [0.29, 0.717) is 5.92 Å². The molecule has 1 atom stereocenters. The molecule has 0 radical (unpaired) electrons. The van der Waals surface area contributed by atoms with Gasteiger partial charge in [-0.2, -0.15) is 5.10 Å². The molecule has 2 aromatic rings. The molecule has 3 heterocycles. The molecule has 31 heavy (non-hydrogen) atoms. The third-order valence-corrected chi connectivity index (χ3v) is 6.33. The van der Waals surface area contributed by atoms with Crippen molar-refractivity contribution in [3.63, 3.8) is 0 Å². The number of ether oxygens (including phenoxy) is 1. The SMILES string of the molecule is C/C(Cl)=C\C=C(/C)C(OCCCN(C)C)C1CCN(c2ncnc3[nH]nc(Br)c23)CC1. The van der Waals surface area contributed by atoms with Crippen molar-refractivity contribution in [3.05, 3.63) is 33.7 Å². The lowest BCUT2D eigenvalue weighted by atomic mass is 9.87. The van der Waals surface area contributed by atoms with Crippen LogP contribution in [0.4, 0.5) is 5.82 Å². The van der Waals surface area contributed by atoms with Crippen molar-refractivity contribution in [2.75, 3.05) is 45.2 Å². The van der Waals surface area contributed by atoms with Crippen LogP contribution in [0.15, 0.2) is 33.7 Å². The third-order valence-electron chi connectivity index (χ3n) is 5.63. The van der Waals surface area contributed by atoms with Crippen molar-refractivity contribution in [1.29, 1.82) is 0 Å². The normalized spacial score (nSPS) is 17.7. The predicted molar refractivity (Wildman–Crippen MR) is 131 cm³/mol. The van der Waals surface area contributed by atoms with Crippen LogP contribution in [0.1, 0.15) is 33.1 Å². The van der Waals surface area contributed by atoms with Gasteiger partial charge in [-0.1, -0.05) is 17.7 Å². The molecule has 7 nitrogen and oxygen atoms in total. The van der Waals surface area contributed by atoms with Crippen LogP contribution < -0.4 is 4.90 Å². The Morgan fingerprint density at radius 3 is 2.74 bits per heavy atom. The summed E-state index contributed by atoms with van der Waals surface area (Å²) < 4.78 is 7.16. The van der Waals surface area contributed by atoms with E-state index in [4.69, 9.17) is 16.3 Å². The molecule has 1 fully saturated rings. The zero-order chi connectivity index (χ0) is 22.4. The van der Waals surface area contributed by atoms with Crippen LogP contribution in [-0.4, -0.2) is 71.5 Å². The van der Waals surface area contributed by atoms with Crippen molar-refractivity contribution in [2.45, 2.75) is 39.2 Å². The number of hydrogen-bond acceptors (Lipinski definition) is 6. The van der Waals surface area contributed by atoms with E-state index < -0.39 is 0 Å². The molecule has 2 aromatic heterocycles. The van der Waals surface area contributed by atoms with Crippen molar-refractivity contribution in [3.8, 4) is 0 Å². The molecule has 9 heteroatoms. The summed E-state index contributed by atoms with van der Waals surface area (Å²) >= 11 is 9.57. The summed E-state index contributed by atoms with van der Waals surface area (Å²) in [6.45, 7) is 7.67. The Bertz CT molecular complexity index is 916. The molecule has 0 aromatic carbocycles. The number of H-pyrrole nitrogens is 1. The molecule has 0 saturated carbocycles. The number of halogens is 2. The smallest absolute Gasteiger partial charge is 0.161 e. The molecule has 0 bridgehead atoms. The molecule has 0 spiro atoms. The highest BCUT2D eigenvalue weighted by Gasteiger charge is 2.30. The van der Waals surface area contributed by atoms with E-state index in [1.165, 1.54) is 5.57 Å². The van der Waals surface area contributed by atoms with Crippen molar-refractivity contribution in [1.82, 2.24) is 25.1 Å². The quantitative estimate of drug-likeness (QED) is 0.387. The van der Waals surface area contributed by atoms with E-state index in [0.717, 1.165) is 72.0 Å². The first-order chi connectivity index (χ1) is 14.9. The number of nitrogens with zero attached hydrogens (tertiary/aromatic N) is 5. The number of allylic oxidation sites excluding steroid dienone is 3. The lowest BCUT2D eigenvalue weighted by molar-refractivity contribution is 0.0253. The van der Waals surface area contributed by atoms with E-state index in [-0.39, 0.29) is 6.10 Å².